The summed E-state index contributed by atoms with van der Waals surface area (Å²) >= 11 is 0. The van der Waals surface area contributed by atoms with E-state index >= 15 is 0 Å². The summed E-state index contributed by atoms with van der Waals surface area (Å²) in [5.41, 5.74) is 2.21. The topological polar surface area (TPSA) is 40.5 Å². The fourth-order valence-electron chi connectivity index (χ4n) is 3.91. The Labute approximate surface area is 205 Å². The molecule has 3 aromatic rings. The largest absolute Gasteiger partial charge is 0.378 e. The van der Waals surface area contributed by atoms with Gasteiger partial charge in [0.05, 0.1) is 6.54 Å². The molecule has 0 aliphatic carbocycles. The summed E-state index contributed by atoms with van der Waals surface area (Å²) < 4.78 is 43.6. The summed E-state index contributed by atoms with van der Waals surface area (Å²) in [6.07, 6.45) is 6.90. The predicted octanol–water partition coefficient (Wildman–Crippen LogP) is 6.97. The van der Waals surface area contributed by atoms with E-state index in [0.717, 1.165) is 49.2 Å². The number of carbonyl (C=O) groups is 1. The highest BCUT2D eigenvalue weighted by atomic mass is 19.1. The van der Waals surface area contributed by atoms with Crippen molar-refractivity contribution in [3.63, 3.8) is 0 Å². The Morgan fingerprint density at radius 1 is 0.943 bits per heavy atom. The van der Waals surface area contributed by atoms with Gasteiger partial charge in [-0.15, -0.1) is 0 Å². The third-order valence-electron chi connectivity index (χ3n) is 5.89. The van der Waals surface area contributed by atoms with Gasteiger partial charge in [0, 0.05) is 56.0 Å². The first-order valence-electron chi connectivity index (χ1n) is 11.9. The highest BCUT2D eigenvalue weighted by Gasteiger charge is 2.20. The van der Waals surface area contributed by atoms with Gasteiger partial charge in [-0.3, -0.25) is 0 Å². The van der Waals surface area contributed by atoms with Crippen molar-refractivity contribution in [2.75, 3.05) is 30.9 Å². The predicted molar refractivity (Wildman–Crippen MR) is 135 cm³/mol. The molecule has 2 aromatic carbocycles. The Morgan fingerprint density at radius 2 is 1.60 bits per heavy atom. The summed E-state index contributed by atoms with van der Waals surface area (Å²) in [4.78, 5) is 16.6. The summed E-state index contributed by atoms with van der Waals surface area (Å²) in [6, 6.07) is 12.3. The third-order valence-corrected chi connectivity index (χ3v) is 5.89. The van der Waals surface area contributed by atoms with E-state index in [1.165, 1.54) is 4.90 Å². The molecular weight excluding hydrogens is 453 g/mol. The van der Waals surface area contributed by atoms with E-state index in [0.29, 0.717) is 18.7 Å². The first-order valence-corrected chi connectivity index (χ1v) is 11.9. The molecule has 0 bridgehead atoms. The van der Waals surface area contributed by atoms with Crippen molar-refractivity contribution in [1.29, 1.82) is 0 Å². The van der Waals surface area contributed by atoms with Gasteiger partial charge in [0.2, 0.25) is 0 Å². The summed E-state index contributed by atoms with van der Waals surface area (Å²) in [5.74, 6) is -3.34. The van der Waals surface area contributed by atoms with Gasteiger partial charge in [-0.2, -0.15) is 0 Å². The molecular formula is C27H33F3N4O. The zero-order chi connectivity index (χ0) is 25.4. The molecule has 0 saturated carbocycles. The van der Waals surface area contributed by atoms with Crippen LogP contribution < -0.4 is 10.2 Å². The van der Waals surface area contributed by atoms with Crippen LogP contribution in [0.25, 0.3) is 5.69 Å². The Bertz CT molecular complexity index is 1090. The van der Waals surface area contributed by atoms with E-state index in [4.69, 9.17) is 0 Å². The van der Waals surface area contributed by atoms with Crippen molar-refractivity contribution in [2.24, 2.45) is 0 Å². The lowest BCUT2D eigenvalue weighted by Gasteiger charge is -2.24. The number of amides is 2. The van der Waals surface area contributed by atoms with Crippen molar-refractivity contribution in [3.8, 4) is 5.69 Å². The number of hydrogen-bond acceptors (Lipinski definition) is 2. The second kappa shape index (κ2) is 12.3. The van der Waals surface area contributed by atoms with Gasteiger partial charge in [0.1, 0.15) is 11.5 Å². The Morgan fingerprint density at radius 3 is 2.23 bits per heavy atom. The van der Waals surface area contributed by atoms with Crippen LogP contribution in [0.3, 0.4) is 0 Å². The van der Waals surface area contributed by atoms with Crippen LogP contribution in [0.15, 0.2) is 54.7 Å². The van der Waals surface area contributed by atoms with E-state index in [9.17, 15) is 18.0 Å². The molecule has 0 atom stereocenters. The lowest BCUT2D eigenvalue weighted by molar-refractivity contribution is 0.206. The number of unbranched alkanes of at least 4 members (excludes halogenated alkanes) is 4. The number of urea groups is 1. The molecule has 1 aromatic heterocycles. The van der Waals surface area contributed by atoms with E-state index < -0.39 is 29.2 Å². The van der Waals surface area contributed by atoms with E-state index in [1.807, 2.05) is 66.2 Å². The van der Waals surface area contributed by atoms with Crippen LogP contribution in [0.2, 0.25) is 0 Å². The minimum Gasteiger partial charge on any atom is -0.378 e. The molecule has 1 N–H and O–H groups in total. The molecule has 0 radical (unpaired) electrons. The quantitative estimate of drug-likeness (QED) is 0.298. The van der Waals surface area contributed by atoms with Gasteiger partial charge in [0.25, 0.3) is 0 Å². The van der Waals surface area contributed by atoms with Crippen molar-refractivity contribution in [2.45, 2.75) is 45.6 Å². The summed E-state index contributed by atoms with van der Waals surface area (Å²) in [7, 11) is 3.94. The van der Waals surface area contributed by atoms with Crippen LogP contribution in [-0.4, -0.2) is 36.1 Å². The maximum Gasteiger partial charge on any atom is 0.322 e. The number of nitrogens with one attached hydrogen (secondary N) is 1. The molecule has 2 amide bonds. The van der Waals surface area contributed by atoms with Crippen molar-refractivity contribution < 1.29 is 18.0 Å². The third kappa shape index (κ3) is 7.04. The maximum atomic E-state index is 14.2. The summed E-state index contributed by atoms with van der Waals surface area (Å²) in [6.45, 7) is 2.79. The van der Waals surface area contributed by atoms with Crippen molar-refractivity contribution >= 4 is 17.4 Å². The van der Waals surface area contributed by atoms with E-state index in [2.05, 4.69) is 12.2 Å². The minimum absolute atomic E-state index is 0.243. The molecule has 0 aliphatic rings. The number of anilines is 2. The molecule has 0 fully saturated rings. The molecule has 1 heterocycles. The van der Waals surface area contributed by atoms with Crippen LogP contribution in [0.5, 0.6) is 0 Å². The smallest absolute Gasteiger partial charge is 0.322 e. The number of benzene rings is 2. The van der Waals surface area contributed by atoms with E-state index in [1.54, 1.807) is 0 Å². The van der Waals surface area contributed by atoms with Gasteiger partial charge in [-0.1, -0.05) is 32.6 Å². The molecule has 0 aliphatic heterocycles. The Balaban J connectivity index is 1.80. The lowest BCUT2D eigenvalue weighted by atomic mass is 10.1. The fourth-order valence-corrected chi connectivity index (χ4v) is 3.91. The molecule has 0 unspecified atom stereocenters. The highest BCUT2D eigenvalue weighted by Crippen LogP contribution is 2.22. The summed E-state index contributed by atoms with van der Waals surface area (Å²) in [5, 5.41) is 2.31. The molecule has 35 heavy (non-hydrogen) atoms. The molecule has 0 saturated heterocycles. The highest BCUT2D eigenvalue weighted by molar-refractivity contribution is 5.89. The maximum absolute atomic E-state index is 14.2. The lowest BCUT2D eigenvalue weighted by Crippen LogP contribution is -2.36. The normalized spacial score (nSPS) is 10.9. The average molecular weight is 487 g/mol. The molecule has 5 nitrogen and oxygen atoms in total. The van der Waals surface area contributed by atoms with Crippen LogP contribution in [0.1, 0.15) is 44.7 Å². The Kier molecular flexibility index (Phi) is 9.23. The molecule has 3 rings (SSSR count). The van der Waals surface area contributed by atoms with Crippen molar-refractivity contribution in [3.05, 3.63) is 77.9 Å². The number of halogens is 3. The van der Waals surface area contributed by atoms with Gasteiger partial charge in [-0.25, -0.2) is 18.0 Å². The SMILES string of the molecule is CCCCCCCN(Cc1cccn1-c1ccc(N(C)C)cc1)C(=O)Nc1c(F)cc(F)cc1F. The first kappa shape index (κ1) is 26.2. The second-order valence-electron chi connectivity index (χ2n) is 8.79. The Hall–Kier alpha value is -3.42. The minimum atomic E-state index is -1.15. The van der Waals surface area contributed by atoms with Gasteiger partial charge in [0.15, 0.2) is 11.6 Å². The zero-order valence-electron chi connectivity index (χ0n) is 20.5. The van der Waals surface area contributed by atoms with Crippen LogP contribution >= 0.6 is 0 Å². The standard InChI is InChI=1S/C27H33F3N4O/c1-4-5-6-7-8-15-33(27(35)31-26-24(29)17-20(28)18-25(26)30)19-23-10-9-16-34(23)22-13-11-21(12-14-22)32(2)3/h9-14,16-18H,4-8,15,19H2,1-3H3,(H,31,35). The average Bonchev–Trinajstić information content (AvgIpc) is 3.28. The second-order valence-corrected chi connectivity index (χ2v) is 8.79. The van der Waals surface area contributed by atoms with Gasteiger partial charge >= 0.3 is 6.03 Å². The van der Waals surface area contributed by atoms with Gasteiger partial charge < -0.3 is 19.7 Å². The molecule has 8 heteroatoms. The monoisotopic (exact) mass is 486 g/mol. The van der Waals surface area contributed by atoms with E-state index in [-0.39, 0.29) is 6.54 Å². The zero-order valence-corrected chi connectivity index (χ0v) is 20.5. The number of hydrogen-bond donors (Lipinski definition) is 1. The number of carbonyl (C=O) groups excluding carboxylic acids is 1. The molecule has 0 spiro atoms. The number of aromatic nitrogens is 1. The fraction of sp³-hybridized carbons (Fsp3) is 0.370. The molecule has 188 valence electrons. The van der Waals surface area contributed by atoms with Gasteiger partial charge in [-0.05, 0) is 42.8 Å². The van der Waals surface area contributed by atoms with Crippen LogP contribution in [0, 0.1) is 17.5 Å². The first-order chi connectivity index (χ1) is 16.8. The van der Waals surface area contributed by atoms with Crippen LogP contribution in [0.4, 0.5) is 29.3 Å². The number of rotatable bonds is 11. The number of nitrogens with zero attached hydrogens (tertiary/aromatic N) is 3. The van der Waals surface area contributed by atoms with Crippen LogP contribution in [-0.2, 0) is 6.54 Å². The van der Waals surface area contributed by atoms with Crippen molar-refractivity contribution in [1.82, 2.24) is 9.47 Å².